The summed E-state index contributed by atoms with van der Waals surface area (Å²) in [6.07, 6.45) is 0. The van der Waals surface area contributed by atoms with Gasteiger partial charge in [-0.25, -0.2) is 0 Å². The fourth-order valence-corrected chi connectivity index (χ4v) is 3.21. The van der Waals surface area contributed by atoms with Gasteiger partial charge in [0.15, 0.2) is 0 Å². The van der Waals surface area contributed by atoms with Crippen molar-refractivity contribution in [3.05, 3.63) is 35.9 Å². The zero-order valence-electron chi connectivity index (χ0n) is 8.03. The van der Waals surface area contributed by atoms with Crippen LogP contribution in [-0.2, 0) is 0 Å². The van der Waals surface area contributed by atoms with E-state index in [1.54, 1.807) is 0 Å². The molecule has 0 amide bonds. The van der Waals surface area contributed by atoms with E-state index in [9.17, 15) is 0 Å². The SMILES string of the molecule is C[C@@H]1N[C@H](C)[C@@H](c2ccccc2)S1. The third kappa shape index (κ3) is 1.89. The van der Waals surface area contributed by atoms with Crippen molar-refractivity contribution in [3.63, 3.8) is 0 Å². The normalized spacial score (nSPS) is 33.5. The van der Waals surface area contributed by atoms with Gasteiger partial charge < -0.3 is 5.32 Å². The van der Waals surface area contributed by atoms with Crippen molar-refractivity contribution in [3.8, 4) is 0 Å². The summed E-state index contributed by atoms with van der Waals surface area (Å²) in [5.74, 6) is 0. The molecular formula is C11H15NS. The smallest absolute Gasteiger partial charge is 0.0512 e. The van der Waals surface area contributed by atoms with E-state index in [1.807, 2.05) is 11.8 Å². The number of thioether (sulfide) groups is 1. The molecule has 1 fully saturated rings. The highest BCUT2D eigenvalue weighted by Crippen LogP contribution is 2.39. The van der Waals surface area contributed by atoms with E-state index in [2.05, 4.69) is 49.5 Å². The lowest BCUT2D eigenvalue weighted by atomic mass is 10.1. The van der Waals surface area contributed by atoms with E-state index >= 15 is 0 Å². The molecule has 1 aromatic carbocycles. The van der Waals surface area contributed by atoms with Crippen LogP contribution < -0.4 is 5.32 Å². The highest BCUT2D eigenvalue weighted by molar-refractivity contribution is 8.00. The van der Waals surface area contributed by atoms with E-state index in [1.165, 1.54) is 5.56 Å². The van der Waals surface area contributed by atoms with Crippen molar-refractivity contribution in [1.29, 1.82) is 0 Å². The maximum atomic E-state index is 3.53. The summed E-state index contributed by atoms with van der Waals surface area (Å²) in [7, 11) is 0. The average Bonchev–Trinajstić information content (AvgIpc) is 2.47. The van der Waals surface area contributed by atoms with Crippen molar-refractivity contribution in [2.75, 3.05) is 0 Å². The Morgan fingerprint density at radius 1 is 1.15 bits per heavy atom. The zero-order valence-corrected chi connectivity index (χ0v) is 8.84. The molecule has 3 atom stereocenters. The first-order valence-electron chi connectivity index (χ1n) is 4.74. The summed E-state index contributed by atoms with van der Waals surface area (Å²) in [6, 6.07) is 11.3. The molecule has 1 aromatic rings. The molecule has 2 rings (SSSR count). The van der Waals surface area contributed by atoms with Gasteiger partial charge >= 0.3 is 0 Å². The Morgan fingerprint density at radius 3 is 2.38 bits per heavy atom. The molecule has 70 valence electrons. The molecule has 1 aliphatic heterocycles. The molecule has 0 radical (unpaired) electrons. The van der Waals surface area contributed by atoms with E-state index in [0.717, 1.165) is 0 Å². The fraction of sp³-hybridized carbons (Fsp3) is 0.455. The lowest BCUT2D eigenvalue weighted by Crippen LogP contribution is -2.25. The van der Waals surface area contributed by atoms with Gasteiger partial charge in [0.2, 0.25) is 0 Å². The Kier molecular flexibility index (Phi) is 2.61. The molecule has 1 heterocycles. The molecule has 1 N–H and O–H groups in total. The third-order valence-corrected chi connectivity index (χ3v) is 3.95. The van der Waals surface area contributed by atoms with E-state index in [-0.39, 0.29) is 0 Å². The minimum absolute atomic E-state index is 0.584. The number of rotatable bonds is 1. The van der Waals surface area contributed by atoms with Crippen molar-refractivity contribution in [1.82, 2.24) is 5.32 Å². The second-order valence-electron chi connectivity index (χ2n) is 3.56. The first-order chi connectivity index (χ1) is 6.27. The topological polar surface area (TPSA) is 12.0 Å². The maximum absolute atomic E-state index is 3.53. The lowest BCUT2D eigenvalue weighted by molar-refractivity contribution is 0.575. The van der Waals surface area contributed by atoms with Crippen LogP contribution in [0, 0.1) is 0 Å². The molecule has 0 saturated carbocycles. The van der Waals surface area contributed by atoms with Gasteiger partial charge in [-0.1, -0.05) is 30.3 Å². The van der Waals surface area contributed by atoms with Gasteiger partial charge in [-0.2, -0.15) is 0 Å². The first-order valence-corrected chi connectivity index (χ1v) is 5.68. The molecule has 0 aliphatic carbocycles. The van der Waals surface area contributed by atoms with Crippen LogP contribution in [0.25, 0.3) is 0 Å². The molecule has 13 heavy (non-hydrogen) atoms. The van der Waals surface area contributed by atoms with Gasteiger partial charge in [0.05, 0.1) is 5.37 Å². The van der Waals surface area contributed by atoms with Crippen LogP contribution in [0.2, 0.25) is 0 Å². The second-order valence-corrected chi connectivity index (χ2v) is 5.05. The second kappa shape index (κ2) is 3.72. The molecule has 1 saturated heterocycles. The molecule has 0 bridgehead atoms. The largest absolute Gasteiger partial charge is 0.302 e. The minimum atomic E-state index is 0.584. The van der Waals surface area contributed by atoms with Crippen LogP contribution >= 0.6 is 11.8 Å². The van der Waals surface area contributed by atoms with Gasteiger partial charge in [-0.3, -0.25) is 0 Å². The quantitative estimate of drug-likeness (QED) is 0.736. The summed E-state index contributed by atoms with van der Waals surface area (Å²) in [5.41, 5.74) is 1.44. The van der Waals surface area contributed by atoms with Gasteiger partial charge in [0, 0.05) is 11.3 Å². The standard InChI is InChI=1S/C11H15NS/c1-8-11(13-9(2)12-8)10-6-4-3-5-7-10/h3-9,11-12H,1-2H3/t8-,9-,11+/m1/s1. The molecule has 2 heteroatoms. The Labute approximate surface area is 83.9 Å². The van der Waals surface area contributed by atoms with Crippen molar-refractivity contribution in [2.45, 2.75) is 30.5 Å². The first kappa shape index (κ1) is 9.10. The van der Waals surface area contributed by atoms with Crippen LogP contribution in [-0.4, -0.2) is 11.4 Å². The number of hydrogen-bond acceptors (Lipinski definition) is 2. The Morgan fingerprint density at radius 2 is 1.85 bits per heavy atom. The zero-order chi connectivity index (χ0) is 9.26. The van der Waals surface area contributed by atoms with Gasteiger partial charge in [0.1, 0.15) is 0 Å². The Hall–Kier alpha value is -0.470. The monoisotopic (exact) mass is 193 g/mol. The highest BCUT2D eigenvalue weighted by Gasteiger charge is 2.29. The summed E-state index contributed by atoms with van der Waals surface area (Å²) >= 11 is 2.02. The van der Waals surface area contributed by atoms with Crippen LogP contribution in [0.1, 0.15) is 24.7 Å². The maximum Gasteiger partial charge on any atom is 0.0512 e. The van der Waals surface area contributed by atoms with Crippen LogP contribution in [0.15, 0.2) is 30.3 Å². The van der Waals surface area contributed by atoms with Gasteiger partial charge in [-0.15, -0.1) is 11.8 Å². The summed E-state index contributed by atoms with van der Waals surface area (Å²) in [6.45, 7) is 4.48. The van der Waals surface area contributed by atoms with E-state index in [4.69, 9.17) is 0 Å². The minimum Gasteiger partial charge on any atom is -0.302 e. The van der Waals surface area contributed by atoms with Gasteiger partial charge in [-0.05, 0) is 19.4 Å². The highest BCUT2D eigenvalue weighted by atomic mass is 32.2. The molecule has 0 unspecified atom stereocenters. The van der Waals surface area contributed by atoms with Crippen LogP contribution in [0.4, 0.5) is 0 Å². The number of hydrogen-bond donors (Lipinski definition) is 1. The van der Waals surface area contributed by atoms with Crippen LogP contribution in [0.5, 0.6) is 0 Å². The summed E-state index contributed by atoms with van der Waals surface area (Å²) in [5, 5.41) is 4.73. The Balaban J connectivity index is 2.18. The molecule has 1 nitrogen and oxygen atoms in total. The lowest BCUT2D eigenvalue weighted by Gasteiger charge is -2.13. The molecule has 1 aliphatic rings. The van der Waals surface area contributed by atoms with Gasteiger partial charge in [0.25, 0.3) is 0 Å². The van der Waals surface area contributed by atoms with Crippen molar-refractivity contribution < 1.29 is 0 Å². The van der Waals surface area contributed by atoms with Crippen molar-refractivity contribution >= 4 is 11.8 Å². The van der Waals surface area contributed by atoms with Crippen LogP contribution in [0.3, 0.4) is 0 Å². The van der Waals surface area contributed by atoms with E-state index in [0.29, 0.717) is 16.7 Å². The average molecular weight is 193 g/mol. The van der Waals surface area contributed by atoms with E-state index < -0.39 is 0 Å². The molecular weight excluding hydrogens is 178 g/mol. The van der Waals surface area contributed by atoms with Crippen molar-refractivity contribution in [2.24, 2.45) is 0 Å². The molecule has 0 spiro atoms. The fourth-order valence-electron chi connectivity index (χ4n) is 1.84. The summed E-state index contributed by atoms with van der Waals surface area (Å²) in [4.78, 5) is 0. The number of nitrogens with one attached hydrogen (secondary N) is 1. The summed E-state index contributed by atoms with van der Waals surface area (Å²) < 4.78 is 0. The molecule has 0 aromatic heterocycles. The Bertz CT molecular complexity index is 273. The third-order valence-electron chi connectivity index (χ3n) is 2.43. The number of benzene rings is 1. The predicted octanol–water partition coefficient (Wildman–Crippen LogP) is 2.80. The predicted molar refractivity (Wildman–Crippen MR) is 58.8 cm³/mol.